The summed E-state index contributed by atoms with van der Waals surface area (Å²) in [5, 5.41) is 18.4. The van der Waals surface area contributed by atoms with E-state index in [1.54, 1.807) is 0 Å². The highest BCUT2D eigenvalue weighted by Crippen LogP contribution is 2.36. The van der Waals surface area contributed by atoms with Gasteiger partial charge in [-0.1, -0.05) is 11.6 Å². The SMILES string of the molecule is O=C(O)c1c(O)c(Cl)cc2c1COC2. The summed E-state index contributed by atoms with van der Waals surface area (Å²) in [4.78, 5) is 10.9. The lowest BCUT2D eigenvalue weighted by Crippen LogP contribution is -2.03. The molecule has 1 aromatic carbocycles. The number of aromatic carboxylic acids is 1. The first-order valence-electron chi connectivity index (χ1n) is 3.95. The van der Waals surface area contributed by atoms with Crippen molar-refractivity contribution in [2.24, 2.45) is 0 Å². The highest BCUT2D eigenvalue weighted by molar-refractivity contribution is 6.32. The molecule has 4 nitrogen and oxygen atoms in total. The third-order valence-electron chi connectivity index (χ3n) is 2.17. The van der Waals surface area contributed by atoms with E-state index in [9.17, 15) is 9.90 Å². The molecule has 74 valence electrons. The predicted molar refractivity (Wildman–Crippen MR) is 48.6 cm³/mol. The van der Waals surface area contributed by atoms with Crippen LogP contribution in [0.4, 0.5) is 0 Å². The van der Waals surface area contributed by atoms with Crippen LogP contribution in [-0.2, 0) is 18.0 Å². The fourth-order valence-electron chi connectivity index (χ4n) is 1.52. The lowest BCUT2D eigenvalue weighted by molar-refractivity contribution is 0.0689. The molecular weight excluding hydrogens is 208 g/mol. The van der Waals surface area contributed by atoms with E-state index in [1.807, 2.05) is 0 Å². The molecule has 1 aromatic rings. The molecular formula is C9H7ClO4. The second-order valence-electron chi connectivity index (χ2n) is 3.02. The first-order valence-corrected chi connectivity index (χ1v) is 4.33. The lowest BCUT2D eigenvalue weighted by atomic mass is 10.0. The van der Waals surface area contributed by atoms with Crippen LogP contribution in [0, 0.1) is 0 Å². The van der Waals surface area contributed by atoms with Crippen LogP contribution in [0.3, 0.4) is 0 Å². The molecule has 0 saturated heterocycles. The van der Waals surface area contributed by atoms with Gasteiger partial charge in [-0.3, -0.25) is 0 Å². The number of hydrogen-bond acceptors (Lipinski definition) is 3. The summed E-state index contributed by atoms with van der Waals surface area (Å²) < 4.78 is 5.08. The van der Waals surface area contributed by atoms with Crippen molar-refractivity contribution in [3.63, 3.8) is 0 Å². The van der Waals surface area contributed by atoms with E-state index < -0.39 is 5.97 Å². The van der Waals surface area contributed by atoms with Crippen molar-refractivity contribution < 1.29 is 19.7 Å². The Hall–Kier alpha value is -1.26. The third kappa shape index (κ3) is 1.23. The number of hydrogen-bond donors (Lipinski definition) is 2. The molecule has 2 N–H and O–H groups in total. The minimum atomic E-state index is -1.19. The Morgan fingerprint density at radius 2 is 2.21 bits per heavy atom. The van der Waals surface area contributed by atoms with Crippen LogP contribution in [0.25, 0.3) is 0 Å². The van der Waals surface area contributed by atoms with Gasteiger partial charge in [-0.05, 0) is 11.6 Å². The standard InChI is InChI=1S/C9H7ClO4/c10-6-1-4-2-14-3-5(4)7(8(6)11)9(12)13/h1,11H,2-3H2,(H,12,13). The van der Waals surface area contributed by atoms with Gasteiger partial charge in [0.25, 0.3) is 0 Å². The van der Waals surface area contributed by atoms with E-state index in [1.165, 1.54) is 6.07 Å². The summed E-state index contributed by atoms with van der Waals surface area (Å²) in [6.45, 7) is 0.553. The van der Waals surface area contributed by atoms with Gasteiger partial charge in [-0.15, -0.1) is 0 Å². The maximum absolute atomic E-state index is 10.9. The number of carbonyl (C=O) groups is 1. The van der Waals surface area contributed by atoms with Crippen LogP contribution >= 0.6 is 11.6 Å². The van der Waals surface area contributed by atoms with Crippen molar-refractivity contribution >= 4 is 17.6 Å². The summed E-state index contributed by atoms with van der Waals surface area (Å²) in [6.07, 6.45) is 0. The summed E-state index contributed by atoms with van der Waals surface area (Å²) in [5.41, 5.74) is 1.09. The zero-order chi connectivity index (χ0) is 10.3. The average Bonchev–Trinajstić information content (AvgIpc) is 2.52. The molecule has 5 heteroatoms. The minimum absolute atomic E-state index is 0.0478. The first kappa shape index (κ1) is 9.30. The molecule has 0 spiro atoms. The molecule has 0 fully saturated rings. The van der Waals surface area contributed by atoms with Crippen molar-refractivity contribution in [1.29, 1.82) is 0 Å². The Labute approximate surface area is 84.7 Å². The van der Waals surface area contributed by atoms with Gasteiger partial charge in [0, 0.05) is 5.56 Å². The number of halogens is 1. The second kappa shape index (κ2) is 3.15. The van der Waals surface area contributed by atoms with Crippen LogP contribution in [-0.4, -0.2) is 16.2 Å². The van der Waals surface area contributed by atoms with Gasteiger partial charge in [-0.2, -0.15) is 0 Å². The topological polar surface area (TPSA) is 66.8 Å². The highest BCUT2D eigenvalue weighted by Gasteiger charge is 2.25. The predicted octanol–water partition coefficient (Wildman–Crippen LogP) is 1.77. The fourth-order valence-corrected chi connectivity index (χ4v) is 1.74. The highest BCUT2D eigenvalue weighted by atomic mass is 35.5. The number of rotatable bonds is 1. The maximum Gasteiger partial charge on any atom is 0.339 e. The second-order valence-corrected chi connectivity index (χ2v) is 3.42. The summed E-state index contributed by atoms with van der Waals surface area (Å²) >= 11 is 5.67. The number of aromatic hydroxyl groups is 1. The Kier molecular flexibility index (Phi) is 2.09. The summed E-state index contributed by atoms with van der Waals surface area (Å²) in [7, 11) is 0. The minimum Gasteiger partial charge on any atom is -0.505 e. The van der Waals surface area contributed by atoms with Crippen molar-refractivity contribution in [2.45, 2.75) is 13.2 Å². The van der Waals surface area contributed by atoms with Crippen molar-refractivity contribution in [1.82, 2.24) is 0 Å². The molecule has 1 heterocycles. The van der Waals surface area contributed by atoms with E-state index >= 15 is 0 Å². The smallest absolute Gasteiger partial charge is 0.339 e. The molecule has 0 unspecified atom stereocenters. The van der Waals surface area contributed by atoms with E-state index in [0.717, 1.165) is 5.56 Å². The summed E-state index contributed by atoms with van der Waals surface area (Å²) in [5.74, 6) is -1.57. The van der Waals surface area contributed by atoms with Crippen LogP contribution in [0.15, 0.2) is 6.07 Å². The molecule has 0 aromatic heterocycles. The van der Waals surface area contributed by atoms with Crippen molar-refractivity contribution in [3.05, 3.63) is 27.8 Å². The molecule has 0 atom stereocenters. The van der Waals surface area contributed by atoms with Gasteiger partial charge >= 0.3 is 5.97 Å². The zero-order valence-corrected chi connectivity index (χ0v) is 7.84. The maximum atomic E-state index is 10.9. The van der Waals surface area contributed by atoms with Gasteiger partial charge in [0.05, 0.1) is 18.2 Å². The quantitative estimate of drug-likeness (QED) is 0.748. The normalized spacial score (nSPS) is 14.1. The van der Waals surface area contributed by atoms with Crippen molar-refractivity contribution in [2.75, 3.05) is 0 Å². The van der Waals surface area contributed by atoms with Crippen molar-refractivity contribution in [3.8, 4) is 5.75 Å². The Balaban J connectivity index is 2.72. The number of ether oxygens (including phenoxy) is 1. The molecule has 0 amide bonds. The van der Waals surface area contributed by atoms with Gasteiger partial charge in [0.15, 0.2) is 0 Å². The van der Waals surface area contributed by atoms with Gasteiger partial charge in [0.2, 0.25) is 0 Å². The number of carboxylic acid groups (broad SMARTS) is 1. The molecule has 14 heavy (non-hydrogen) atoms. The Bertz CT molecular complexity index is 414. The number of carboxylic acids is 1. The monoisotopic (exact) mass is 214 g/mol. The molecule has 2 rings (SSSR count). The van der Waals surface area contributed by atoms with Crippen LogP contribution < -0.4 is 0 Å². The molecule has 0 saturated carbocycles. The summed E-state index contributed by atoms with van der Waals surface area (Å²) in [6, 6.07) is 1.53. The van der Waals surface area contributed by atoms with E-state index in [4.69, 9.17) is 21.4 Å². The van der Waals surface area contributed by atoms with Crippen LogP contribution in [0.5, 0.6) is 5.75 Å². The molecule has 1 aliphatic heterocycles. The van der Waals surface area contributed by atoms with E-state index in [0.29, 0.717) is 12.2 Å². The van der Waals surface area contributed by atoms with Gasteiger partial charge < -0.3 is 14.9 Å². The molecule has 0 radical (unpaired) electrons. The number of benzene rings is 1. The van der Waals surface area contributed by atoms with Crippen LogP contribution in [0.2, 0.25) is 5.02 Å². The van der Waals surface area contributed by atoms with Crippen LogP contribution in [0.1, 0.15) is 21.5 Å². The van der Waals surface area contributed by atoms with E-state index in [2.05, 4.69) is 0 Å². The average molecular weight is 215 g/mol. The zero-order valence-electron chi connectivity index (χ0n) is 7.08. The number of fused-ring (bicyclic) bond motifs is 1. The molecule has 0 aliphatic carbocycles. The van der Waals surface area contributed by atoms with E-state index in [-0.39, 0.29) is 22.9 Å². The molecule has 1 aliphatic rings. The van der Waals surface area contributed by atoms with Gasteiger partial charge in [0.1, 0.15) is 11.3 Å². The fraction of sp³-hybridized carbons (Fsp3) is 0.222. The Morgan fingerprint density at radius 1 is 1.50 bits per heavy atom. The lowest BCUT2D eigenvalue weighted by Gasteiger charge is -2.06. The largest absolute Gasteiger partial charge is 0.505 e. The third-order valence-corrected chi connectivity index (χ3v) is 2.46. The number of phenols is 1. The van der Waals surface area contributed by atoms with Gasteiger partial charge in [-0.25, -0.2) is 4.79 Å². The molecule has 0 bridgehead atoms. The Morgan fingerprint density at radius 3 is 2.86 bits per heavy atom. The first-order chi connectivity index (χ1) is 6.61.